The molecular formula is C20H23ClFN3O. The number of urea groups is 1. The summed E-state index contributed by atoms with van der Waals surface area (Å²) in [6.45, 7) is 1.49. The molecule has 1 heterocycles. The second kappa shape index (κ2) is 9.01. The highest BCUT2D eigenvalue weighted by Gasteiger charge is 2.22. The molecule has 4 nitrogen and oxygen atoms in total. The molecular weight excluding hydrogens is 353 g/mol. The first kappa shape index (κ1) is 18.7. The van der Waals surface area contributed by atoms with Gasteiger partial charge in [-0.05, 0) is 67.6 Å². The lowest BCUT2D eigenvalue weighted by molar-refractivity contribution is 0.246. The topological polar surface area (TPSA) is 53.2 Å². The molecule has 2 atom stereocenters. The van der Waals surface area contributed by atoms with Crippen molar-refractivity contribution < 1.29 is 9.18 Å². The molecule has 3 rings (SSSR count). The van der Waals surface area contributed by atoms with Gasteiger partial charge in [0.1, 0.15) is 5.82 Å². The summed E-state index contributed by atoms with van der Waals surface area (Å²) in [5, 5.41) is 9.72. The Hall–Kier alpha value is -2.11. The Morgan fingerprint density at radius 1 is 1.23 bits per heavy atom. The van der Waals surface area contributed by atoms with Crippen molar-refractivity contribution in [1.29, 1.82) is 0 Å². The highest BCUT2D eigenvalue weighted by atomic mass is 35.5. The first-order valence-electron chi connectivity index (χ1n) is 8.87. The van der Waals surface area contributed by atoms with E-state index in [9.17, 15) is 9.18 Å². The second-order valence-corrected chi connectivity index (χ2v) is 7.15. The first-order valence-corrected chi connectivity index (χ1v) is 9.24. The Morgan fingerprint density at radius 3 is 2.81 bits per heavy atom. The highest BCUT2D eigenvalue weighted by Crippen LogP contribution is 2.21. The Labute approximate surface area is 158 Å². The molecule has 0 unspecified atom stereocenters. The van der Waals surface area contributed by atoms with Crippen LogP contribution in [-0.4, -0.2) is 25.2 Å². The minimum absolute atomic E-state index is 0.202. The molecule has 0 radical (unpaired) electrons. The van der Waals surface area contributed by atoms with Gasteiger partial charge in [0.15, 0.2) is 0 Å². The summed E-state index contributed by atoms with van der Waals surface area (Å²) in [5.41, 5.74) is 1.82. The van der Waals surface area contributed by atoms with Crippen LogP contribution in [0.25, 0.3) is 0 Å². The number of rotatable bonds is 5. The van der Waals surface area contributed by atoms with Gasteiger partial charge in [-0.1, -0.05) is 29.8 Å². The molecule has 1 aliphatic heterocycles. The monoisotopic (exact) mass is 375 g/mol. The molecule has 0 bridgehead atoms. The minimum atomic E-state index is -0.241. The maximum absolute atomic E-state index is 13.0. The lowest BCUT2D eigenvalue weighted by Gasteiger charge is -2.30. The summed E-state index contributed by atoms with van der Waals surface area (Å²) in [6.07, 6.45) is 3.00. The van der Waals surface area contributed by atoms with Gasteiger partial charge in [-0.3, -0.25) is 0 Å². The van der Waals surface area contributed by atoms with Crippen molar-refractivity contribution in [3.63, 3.8) is 0 Å². The van der Waals surface area contributed by atoms with Crippen LogP contribution in [0.1, 0.15) is 18.4 Å². The molecule has 0 spiro atoms. The fraction of sp³-hybridized carbons (Fsp3) is 0.350. The molecule has 26 heavy (non-hydrogen) atoms. The van der Waals surface area contributed by atoms with Gasteiger partial charge in [0.25, 0.3) is 0 Å². The van der Waals surface area contributed by atoms with Crippen molar-refractivity contribution in [2.75, 3.05) is 18.4 Å². The zero-order chi connectivity index (χ0) is 18.4. The van der Waals surface area contributed by atoms with Crippen molar-refractivity contribution in [1.82, 2.24) is 10.6 Å². The van der Waals surface area contributed by atoms with Crippen molar-refractivity contribution in [3.05, 3.63) is 64.9 Å². The lowest BCUT2D eigenvalue weighted by atomic mass is 9.87. The quantitative estimate of drug-likeness (QED) is 0.733. The van der Waals surface area contributed by atoms with Gasteiger partial charge in [0, 0.05) is 23.3 Å². The van der Waals surface area contributed by atoms with Crippen molar-refractivity contribution in [3.8, 4) is 0 Å². The molecule has 3 N–H and O–H groups in total. The van der Waals surface area contributed by atoms with E-state index in [1.807, 2.05) is 12.1 Å². The maximum atomic E-state index is 13.0. The van der Waals surface area contributed by atoms with Gasteiger partial charge in [-0.15, -0.1) is 0 Å². The van der Waals surface area contributed by atoms with Crippen LogP contribution in [0.2, 0.25) is 5.02 Å². The number of benzene rings is 2. The minimum Gasteiger partial charge on any atom is -0.336 e. The molecule has 0 saturated carbocycles. The second-order valence-electron chi connectivity index (χ2n) is 6.72. The van der Waals surface area contributed by atoms with Gasteiger partial charge in [-0.2, -0.15) is 0 Å². The number of anilines is 1. The predicted molar refractivity (Wildman–Crippen MR) is 103 cm³/mol. The summed E-state index contributed by atoms with van der Waals surface area (Å²) in [6, 6.07) is 13.8. The first-order chi connectivity index (χ1) is 12.6. The van der Waals surface area contributed by atoms with Gasteiger partial charge >= 0.3 is 6.03 Å². The van der Waals surface area contributed by atoms with E-state index in [2.05, 4.69) is 16.0 Å². The summed E-state index contributed by atoms with van der Waals surface area (Å²) < 4.78 is 13.0. The van der Waals surface area contributed by atoms with E-state index in [0.717, 1.165) is 31.4 Å². The van der Waals surface area contributed by atoms with E-state index >= 15 is 0 Å². The normalized spacial score (nSPS) is 19.8. The third-order valence-corrected chi connectivity index (χ3v) is 4.87. The van der Waals surface area contributed by atoms with E-state index in [-0.39, 0.29) is 17.9 Å². The summed E-state index contributed by atoms with van der Waals surface area (Å²) in [4.78, 5) is 12.0. The van der Waals surface area contributed by atoms with Gasteiger partial charge in [0.05, 0.1) is 0 Å². The zero-order valence-corrected chi connectivity index (χ0v) is 15.2. The molecule has 2 aromatic carbocycles. The van der Waals surface area contributed by atoms with Crippen LogP contribution in [0.4, 0.5) is 14.9 Å². The van der Waals surface area contributed by atoms with E-state index in [1.165, 1.54) is 12.1 Å². The van der Waals surface area contributed by atoms with E-state index in [0.29, 0.717) is 23.2 Å². The van der Waals surface area contributed by atoms with Gasteiger partial charge in [-0.25, -0.2) is 9.18 Å². The summed E-state index contributed by atoms with van der Waals surface area (Å²) in [7, 11) is 0. The Bertz CT molecular complexity index is 738. The van der Waals surface area contributed by atoms with Crippen LogP contribution in [0.15, 0.2) is 48.5 Å². The van der Waals surface area contributed by atoms with Crippen LogP contribution in [0.5, 0.6) is 0 Å². The van der Waals surface area contributed by atoms with Crippen LogP contribution in [0.3, 0.4) is 0 Å². The van der Waals surface area contributed by atoms with Crippen molar-refractivity contribution >= 4 is 23.3 Å². The number of carbonyl (C=O) groups excluding carboxylic acids is 1. The average molecular weight is 376 g/mol. The third kappa shape index (κ3) is 5.71. The Kier molecular flexibility index (Phi) is 6.47. The van der Waals surface area contributed by atoms with Crippen LogP contribution in [0, 0.1) is 11.7 Å². The number of hydrogen-bond acceptors (Lipinski definition) is 2. The molecule has 6 heteroatoms. The average Bonchev–Trinajstić information content (AvgIpc) is 2.62. The molecule has 1 aliphatic rings. The van der Waals surface area contributed by atoms with Crippen LogP contribution >= 0.6 is 11.6 Å². The number of amides is 2. The number of carbonyl (C=O) groups is 1. The highest BCUT2D eigenvalue weighted by molar-refractivity contribution is 6.30. The lowest BCUT2D eigenvalue weighted by Crippen LogP contribution is -2.47. The van der Waals surface area contributed by atoms with Crippen molar-refractivity contribution in [2.45, 2.75) is 25.3 Å². The molecule has 1 fully saturated rings. The standard InChI is InChI=1S/C20H23ClFN3O/c21-16-2-1-3-18(12-16)25-20(26)24-13-19-11-15(8-9-23-19)10-14-4-6-17(22)7-5-14/h1-7,12,15,19,23H,8-11,13H2,(H2,24,25,26)/t15-,19+/m1/s1. The fourth-order valence-corrected chi connectivity index (χ4v) is 3.54. The van der Waals surface area contributed by atoms with Crippen LogP contribution in [-0.2, 0) is 6.42 Å². The third-order valence-electron chi connectivity index (χ3n) is 4.63. The van der Waals surface area contributed by atoms with E-state index in [4.69, 9.17) is 11.6 Å². The van der Waals surface area contributed by atoms with E-state index < -0.39 is 0 Å². The number of hydrogen-bond donors (Lipinski definition) is 3. The predicted octanol–water partition coefficient (Wildman–Crippen LogP) is 4.21. The molecule has 0 aliphatic carbocycles. The van der Waals surface area contributed by atoms with Crippen molar-refractivity contribution in [2.24, 2.45) is 5.92 Å². The largest absolute Gasteiger partial charge is 0.336 e. The smallest absolute Gasteiger partial charge is 0.319 e. The summed E-state index contributed by atoms with van der Waals surface area (Å²) >= 11 is 5.92. The molecule has 0 aromatic heterocycles. The SMILES string of the molecule is O=C(NC[C@@H]1C[C@@H](Cc2ccc(F)cc2)CCN1)Nc1cccc(Cl)c1. The number of halogens is 2. The van der Waals surface area contributed by atoms with Crippen LogP contribution < -0.4 is 16.0 Å². The fourth-order valence-electron chi connectivity index (χ4n) is 3.35. The molecule has 1 saturated heterocycles. The Morgan fingerprint density at radius 2 is 2.04 bits per heavy atom. The number of nitrogens with one attached hydrogen (secondary N) is 3. The van der Waals surface area contributed by atoms with Gasteiger partial charge in [0.2, 0.25) is 0 Å². The molecule has 2 amide bonds. The Balaban J connectivity index is 1.44. The van der Waals surface area contributed by atoms with Gasteiger partial charge < -0.3 is 16.0 Å². The molecule has 2 aromatic rings. The number of piperidine rings is 1. The molecule has 138 valence electrons. The zero-order valence-electron chi connectivity index (χ0n) is 14.5. The summed E-state index contributed by atoms with van der Waals surface area (Å²) in [5.74, 6) is 0.330. The van der Waals surface area contributed by atoms with E-state index in [1.54, 1.807) is 24.3 Å². The maximum Gasteiger partial charge on any atom is 0.319 e.